The molecule has 128 valence electrons. The first-order valence-electron chi connectivity index (χ1n) is 7.80. The molecule has 1 amide bonds. The maximum Gasteiger partial charge on any atom is 0.412 e. The summed E-state index contributed by atoms with van der Waals surface area (Å²) in [7, 11) is 0. The summed E-state index contributed by atoms with van der Waals surface area (Å²) in [5.74, 6) is -0.336. The summed E-state index contributed by atoms with van der Waals surface area (Å²) < 4.78 is 16.2. The number of carbonyl (C=O) groups excluding carboxylic acids is 2. The monoisotopic (exact) mass is 315 g/mol. The van der Waals surface area contributed by atoms with Crippen molar-refractivity contribution in [3.8, 4) is 0 Å². The van der Waals surface area contributed by atoms with Crippen molar-refractivity contribution in [2.45, 2.75) is 72.3 Å². The van der Waals surface area contributed by atoms with Gasteiger partial charge in [0.05, 0.1) is 25.7 Å². The van der Waals surface area contributed by atoms with Crippen LogP contribution >= 0.6 is 0 Å². The molecule has 6 heteroatoms. The Labute approximate surface area is 133 Å². The summed E-state index contributed by atoms with van der Waals surface area (Å²) in [5, 5.41) is 0. The molecule has 0 radical (unpaired) electrons. The van der Waals surface area contributed by atoms with Crippen LogP contribution in [0.1, 0.15) is 54.9 Å². The lowest BCUT2D eigenvalue weighted by Gasteiger charge is -2.36. The second kappa shape index (κ2) is 6.86. The number of hydrogen-bond donors (Lipinski definition) is 0. The SMILES string of the molecule is CCOC(=O)C[C@H](C)[C@H]1COC(C)(C)N1C(=O)OC(C)(C)C. The van der Waals surface area contributed by atoms with Gasteiger partial charge in [-0.25, -0.2) is 4.79 Å². The van der Waals surface area contributed by atoms with Gasteiger partial charge in [0, 0.05) is 0 Å². The van der Waals surface area contributed by atoms with E-state index in [0.29, 0.717) is 13.2 Å². The minimum absolute atomic E-state index is 0.0756. The molecule has 1 heterocycles. The number of esters is 1. The molecule has 1 aliphatic rings. The summed E-state index contributed by atoms with van der Waals surface area (Å²) in [5.41, 5.74) is -1.33. The van der Waals surface area contributed by atoms with Crippen LogP contribution in [0, 0.1) is 5.92 Å². The number of hydrogen-bond acceptors (Lipinski definition) is 5. The van der Waals surface area contributed by atoms with E-state index in [0.717, 1.165) is 0 Å². The van der Waals surface area contributed by atoms with Crippen molar-refractivity contribution >= 4 is 12.1 Å². The highest BCUT2D eigenvalue weighted by molar-refractivity contribution is 5.71. The lowest BCUT2D eigenvalue weighted by atomic mass is 9.97. The van der Waals surface area contributed by atoms with E-state index in [4.69, 9.17) is 14.2 Å². The van der Waals surface area contributed by atoms with Gasteiger partial charge in [0.25, 0.3) is 0 Å². The van der Waals surface area contributed by atoms with Gasteiger partial charge in [-0.15, -0.1) is 0 Å². The van der Waals surface area contributed by atoms with Crippen molar-refractivity contribution in [1.82, 2.24) is 4.90 Å². The molecule has 0 aromatic rings. The van der Waals surface area contributed by atoms with Crippen LogP contribution < -0.4 is 0 Å². The number of nitrogens with zero attached hydrogens (tertiary/aromatic N) is 1. The van der Waals surface area contributed by atoms with E-state index in [1.54, 1.807) is 11.8 Å². The van der Waals surface area contributed by atoms with Crippen LogP contribution in [0.3, 0.4) is 0 Å². The van der Waals surface area contributed by atoms with Crippen LogP contribution in [0.4, 0.5) is 4.79 Å². The molecule has 0 aromatic heterocycles. The van der Waals surface area contributed by atoms with Crippen molar-refractivity contribution in [2.75, 3.05) is 13.2 Å². The number of amides is 1. The first-order valence-corrected chi connectivity index (χ1v) is 7.80. The molecule has 1 fully saturated rings. The summed E-state index contributed by atoms with van der Waals surface area (Å²) in [4.78, 5) is 25.8. The Morgan fingerprint density at radius 2 is 1.95 bits per heavy atom. The van der Waals surface area contributed by atoms with Crippen molar-refractivity contribution in [2.24, 2.45) is 5.92 Å². The largest absolute Gasteiger partial charge is 0.466 e. The summed E-state index contributed by atoms with van der Waals surface area (Å²) in [6.07, 6.45) is -0.173. The molecular formula is C16H29NO5. The van der Waals surface area contributed by atoms with Gasteiger partial charge in [-0.1, -0.05) is 6.92 Å². The number of rotatable bonds is 4. The van der Waals surface area contributed by atoms with Gasteiger partial charge < -0.3 is 14.2 Å². The average Bonchev–Trinajstić information content (AvgIpc) is 2.62. The molecular weight excluding hydrogens is 286 g/mol. The fourth-order valence-electron chi connectivity index (χ4n) is 2.54. The standard InChI is InChI=1S/C16H29NO5/c1-8-20-13(18)9-11(2)12-10-21-16(6,7)17(12)14(19)22-15(3,4)5/h11-12H,8-10H2,1-7H3/t11-,12+/m0/s1. The van der Waals surface area contributed by atoms with Crippen LogP contribution in [0.15, 0.2) is 0 Å². The Morgan fingerprint density at radius 1 is 1.36 bits per heavy atom. The van der Waals surface area contributed by atoms with Gasteiger partial charge >= 0.3 is 12.1 Å². The Bertz CT molecular complexity index is 413. The van der Waals surface area contributed by atoms with Gasteiger partial charge in [-0.3, -0.25) is 9.69 Å². The Balaban J connectivity index is 2.84. The van der Waals surface area contributed by atoms with Crippen LogP contribution in [0.2, 0.25) is 0 Å². The summed E-state index contributed by atoms with van der Waals surface area (Å²) in [6, 6.07) is -0.214. The van der Waals surface area contributed by atoms with E-state index in [1.807, 2.05) is 41.5 Å². The quantitative estimate of drug-likeness (QED) is 0.746. The predicted molar refractivity (Wildman–Crippen MR) is 82.3 cm³/mol. The molecule has 1 saturated heterocycles. The zero-order chi connectivity index (χ0) is 17.1. The highest BCUT2D eigenvalue weighted by Gasteiger charge is 2.47. The van der Waals surface area contributed by atoms with Gasteiger partial charge in [0.1, 0.15) is 11.3 Å². The molecule has 22 heavy (non-hydrogen) atoms. The Hall–Kier alpha value is -1.30. The fourth-order valence-corrected chi connectivity index (χ4v) is 2.54. The molecule has 0 aromatic carbocycles. The van der Waals surface area contributed by atoms with Gasteiger partial charge in [0.2, 0.25) is 0 Å². The van der Waals surface area contributed by atoms with Crippen LogP contribution in [-0.2, 0) is 19.0 Å². The second-order valence-electron chi connectivity index (χ2n) is 7.16. The van der Waals surface area contributed by atoms with Crippen LogP contribution in [0.25, 0.3) is 0 Å². The predicted octanol–water partition coefficient (Wildman–Crippen LogP) is 2.95. The van der Waals surface area contributed by atoms with E-state index >= 15 is 0 Å². The third kappa shape index (κ3) is 4.87. The Kier molecular flexibility index (Phi) is 5.84. The van der Waals surface area contributed by atoms with Crippen molar-refractivity contribution < 1.29 is 23.8 Å². The molecule has 0 unspecified atom stereocenters. The van der Waals surface area contributed by atoms with E-state index in [2.05, 4.69) is 0 Å². The molecule has 0 spiro atoms. The van der Waals surface area contributed by atoms with Crippen molar-refractivity contribution in [1.29, 1.82) is 0 Å². The first-order chi connectivity index (χ1) is 9.98. The molecule has 0 saturated carbocycles. The minimum Gasteiger partial charge on any atom is -0.466 e. The normalized spacial score (nSPS) is 22.3. The molecule has 0 aliphatic carbocycles. The van der Waals surface area contributed by atoms with E-state index < -0.39 is 17.4 Å². The van der Waals surface area contributed by atoms with Gasteiger partial charge in [-0.05, 0) is 47.5 Å². The van der Waals surface area contributed by atoms with E-state index in [1.165, 1.54) is 0 Å². The zero-order valence-corrected chi connectivity index (χ0v) is 14.8. The smallest absolute Gasteiger partial charge is 0.412 e. The average molecular weight is 315 g/mol. The minimum atomic E-state index is -0.754. The maximum atomic E-state index is 12.5. The molecule has 2 atom stereocenters. The molecule has 1 aliphatic heterocycles. The first kappa shape index (κ1) is 18.7. The summed E-state index contributed by atoms with van der Waals surface area (Å²) >= 11 is 0. The third-order valence-corrected chi connectivity index (χ3v) is 3.56. The van der Waals surface area contributed by atoms with Crippen molar-refractivity contribution in [3.63, 3.8) is 0 Å². The molecule has 0 bridgehead atoms. The number of carbonyl (C=O) groups is 2. The lowest BCUT2D eigenvalue weighted by Crippen LogP contribution is -2.51. The van der Waals surface area contributed by atoms with Gasteiger partial charge in [0.15, 0.2) is 0 Å². The Morgan fingerprint density at radius 3 is 2.45 bits per heavy atom. The number of ether oxygens (including phenoxy) is 3. The van der Waals surface area contributed by atoms with Gasteiger partial charge in [-0.2, -0.15) is 0 Å². The third-order valence-electron chi connectivity index (χ3n) is 3.56. The highest BCUT2D eigenvalue weighted by Crippen LogP contribution is 2.33. The van der Waals surface area contributed by atoms with Crippen LogP contribution in [-0.4, -0.2) is 47.5 Å². The fraction of sp³-hybridized carbons (Fsp3) is 0.875. The zero-order valence-electron chi connectivity index (χ0n) is 14.8. The molecule has 1 rings (SSSR count). The summed E-state index contributed by atoms with van der Waals surface area (Å²) in [6.45, 7) is 13.6. The topological polar surface area (TPSA) is 65.1 Å². The van der Waals surface area contributed by atoms with E-state index in [-0.39, 0.29) is 24.3 Å². The molecule has 0 N–H and O–H groups in total. The van der Waals surface area contributed by atoms with E-state index in [9.17, 15) is 9.59 Å². The van der Waals surface area contributed by atoms with Crippen LogP contribution in [0.5, 0.6) is 0 Å². The highest BCUT2D eigenvalue weighted by atomic mass is 16.6. The lowest BCUT2D eigenvalue weighted by molar-refractivity contribution is -0.144. The molecule has 6 nitrogen and oxygen atoms in total. The second-order valence-corrected chi connectivity index (χ2v) is 7.16. The maximum absolute atomic E-state index is 12.5. The van der Waals surface area contributed by atoms with Crippen molar-refractivity contribution in [3.05, 3.63) is 0 Å².